The monoisotopic (exact) mass is 419 g/mol. The Morgan fingerprint density at radius 1 is 1.15 bits per heavy atom. The number of amides is 1. The summed E-state index contributed by atoms with van der Waals surface area (Å²) < 4.78 is 19.3. The van der Waals surface area contributed by atoms with Crippen molar-refractivity contribution in [3.8, 4) is 0 Å². The van der Waals surface area contributed by atoms with E-state index in [-0.39, 0.29) is 42.6 Å². The minimum Gasteiger partial charge on any atom is -0.379 e. The van der Waals surface area contributed by atoms with Crippen LogP contribution in [-0.4, -0.2) is 67.2 Å². The van der Waals surface area contributed by atoms with E-state index in [2.05, 4.69) is 15.1 Å². The second kappa shape index (κ2) is 10.0. The average Bonchev–Trinajstić information content (AvgIpc) is 2.89. The van der Waals surface area contributed by atoms with Crippen LogP contribution in [-0.2, 0) is 9.53 Å². The molecule has 8 heteroatoms. The van der Waals surface area contributed by atoms with E-state index in [0.29, 0.717) is 32.3 Å². The summed E-state index contributed by atoms with van der Waals surface area (Å²) in [6.07, 6.45) is 3.14. The van der Waals surface area contributed by atoms with Crippen LogP contribution < -0.4 is 5.32 Å². The number of hydrogen-bond acceptors (Lipinski definition) is 4. The van der Waals surface area contributed by atoms with Crippen LogP contribution >= 0.6 is 24.8 Å². The SMILES string of the molecule is Cl.Cl.O=C(C(c1cccc(F)c1)N1CCOCC1)N1C2CCNCC1CC2. The lowest BCUT2D eigenvalue weighted by Gasteiger charge is -2.38. The van der Waals surface area contributed by atoms with Crippen LogP contribution in [0.2, 0.25) is 0 Å². The molecule has 1 aromatic rings. The molecule has 3 saturated heterocycles. The topological polar surface area (TPSA) is 44.8 Å². The molecule has 1 aromatic carbocycles. The average molecular weight is 420 g/mol. The van der Waals surface area contributed by atoms with Crippen molar-refractivity contribution in [2.75, 3.05) is 39.4 Å². The van der Waals surface area contributed by atoms with Crippen LogP contribution in [0.4, 0.5) is 4.39 Å². The van der Waals surface area contributed by atoms with Crippen LogP contribution in [0, 0.1) is 5.82 Å². The fourth-order valence-electron chi connectivity index (χ4n) is 4.51. The van der Waals surface area contributed by atoms with Gasteiger partial charge in [0.05, 0.1) is 13.2 Å². The number of fused-ring (bicyclic) bond motifs is 2. The van der Waals surface area contributed by atoms with E-state index in [4.69, 9.17) is 4.74 Å². The van der Waals surface area contributed by atoms with Crippen LogP contribution in [0.1, 0.15) is 30.9 Å². The van der Waals surface area contributed by atoms with Gasteiger partial charge in [-0.2, -0.15) is 0 Å². The smallest absolute Gasteiger partial charge is 0.245 e. The minimum atomic E-state index is -0.416. The Hall–Kier alpha value is -0.920. The second-order valence-corrected chi connectivity index (χ2v) is 7.23. The quantitative estimate of drug-likeness (QED) is 0.816. The zero-order chi connectivity index (χ0) is 17.2. The number of halogens is 3. The first-order valence-electron chi connectivity index (χ1n) is 9.34. The fraction of sp³-hybridized carbons (Fsp3) is 0.632. The molecule has 0 aliphatic carbocycles. The largest absolute Gasteiger partial charge is 0.379 e. The first-order valence-corrected chi connectivity index (χ1v) is 9.34. The maximum Gasteiger partial charge on any atom is 0.245 e. The van der Waals surface area contributed by atoms with Crippen molar-refractivity contribution in [3.63, 3.8) is 0 Å². The van der Waals surface area contributed by atoms with Gasteiger partial charge in [0.15, 0.2) is 0 Å². The molecular weight excluding hydrogens is 392 g/mol. The standard InChI is InChI=1S/C19H26FN3O2.2ClH/c20-15-3-1-2-14(12-15)18(22-8-10-25-11-9-22)19(24)23-16-4-5-17(23)13-21-7-6-16;;/h1-3,12,16-18,21H,4-11,13H2;2*1H. The summed E-state index contributed by atoms with van der Waals surface area (Å²) in [5.41, 5.74) is 0.753. The van der Waals surface area contributed by atoms with Gasteiger partial charge in [0, 0.05) is 31.7 Å². The van der Waals surface area contributed by atoms with E-state index in [1.54, 1.807) is 6.07 Å². The predicted octanol–water partition coefficient (Wildman–Crippen LogP) is 2.40. The van der Waals surface area contributed by atoms with Gasteiger partial charge in [-0.25, -0.2) is 4.39 Å². The molecule has 0 spiro atoms. The molecule has 3 aliphatic heterocycles. The van der Waals surface area contributed by atoms with Gasteiger partial charge in [0.2, 0.25) is 5.91 Å². The number of benzene rings is 1. The summed E-state index contributed by atoms with van der Waals surface area (Å²) in [6.45, 7) is 4.47. The molecule has 0 saturated carbocycles. The third-order valence-electron chi connectivity index (χ3n) is 5.72. The first-order chi connectivity index (χ1) is 12.2. The number of rotatable bonds is 3. The Balaban J connectivity index is 0.00000131. The van der Waals surface area contributed by atoms with Crippen LogP contribution in [0.25, 0.3) is 0 Å². The van der Waals surface area contributed by atoms with Gasteiger partial charge in [0.25, 0.3) is 0 Å². The lowest BCUT2D eigenvalue weighted by molar-refractivity contribution is -0.141. The number of nitrogens with zero attached hydrogens (tertiary/aromatic N) is 2. The maximum absolute atomic E-state index is 13.9. The molecule has 27 heavy (non-hydrogen) atoms. The zero-order valence-corrected chi connectivity index (χ0v) is 16.9. The Kier molecular flexibility index (Phi) is 8.31. The van der Waals surface area contributed by atoms with Gasteiger partial charge >= 0.3 is 0 Å². The number of ether oxygens (including phenoxy) is 1. The molecule has 3 heterocycles. The van der Waals surface area contributed by atoms with E-state index in [9.17, 15) is 9.18 Å². The summed E-state index contributed by atoms with van der Waals surface area (Å²) in [5.74, 6) is -0.159. The Morgan fingerprint density at radius 3 is 2.63 bits per heavy atom. The number of carbonyl (C=O) groups excluding carboxylic acids is 1. The van der Waals surface area contributed by atoms with Crippen LogP contribution in [0.15, 0.2) is 24.3 Å². The van der Waals surface area contributed by atoms with Crippen LogP contribution in [0.3, 0.4) is 0 Å². The van der Waals surface area contributed by atoms with Crippen molar-refractivity contribution in [3.05, 3.63) is 35.6 Å². The molecule has 152 valence electrons. The molecule has 0 aromatic heterocycles. The normalized spacial score (nSPS) is 26.5. The first kappa shape index (κ1) is 22.4. The van der Waals surface area contributed by atoms with Gasteiger partial charge < -0.3 is 15.0 Å². The summed E-state index contributed by atoms with van der Waals surface area (Å²) in [6, 6.07) is 6.67. The van der Waals surface area contributed by atoms with Crippen molar-refractivity contribution in [1.29, 1.82) is 0 Å². The molecule has 3 unspecified atom stereocenters. The van der Waals surface area contributed by atoms with Crippen molar-refractivity contribution in [2.45, 2.75) is 37.4 Å². The van der Waals surface area contributed by atoms with Crippen molar-refractivity contribution >= 4 is 30.7 Å². The highest BCUT2D eigenvalue weighted by atomic mass is 35.5. The lowest BCUT2D eigenvalue weighted by Crippen LogP contribution is -2.51. The summed E-state index contributed by atoms with van der Waals surface area (Å²) >= 11 is 0. The summed E-state index contributed by atoms with van der Waals surface area (Å²) in [7, 11) is 0. The molecule has 3 aliphatic rings. The van der Waals surface area contributed by atoms with Crippen molar-refractivity contribution in [2.24, 2.45) is 0 Å². The van der Waals surface area contributed by atoms with E-state index in [0.717, 1.165) is 37.9 Å². The molecule has 2 bridgehead atoms. The minimum absolute atomic E-state index is 0. The van der Waals surface area contributed by atoms with Gasteiger partial charge in [-0.3, -0.25) is 9.69 Å². The molecular formula is C19H28Cl2FN3O2. The van der Waals surface area contributed by atoms with Gasteiger partial charge in [-0.1, -0.05) is 12.1 Å². The number of morpholine rings is 1. The molecule has 0 radical (unpaired) electrons. The Morgan fingerprint density at radius 2 is 1.89 bits per heavy atom. The molecule has 4 rings (SSSR count). The highest BCUT2D eigenvalue weighted by molar-refractivity contribution is 5.86. The van der Waals surface area contributed by atoms with Gasteiger partial charge in [-0.15, -0.1) is 24.8 Å². The lowest BCUT2D eigenvalue weighted by atomic mass is 10.0. The van der Waals surface area contributed by atoms with E-state index < -0.39 is 6.04 Å². The highest BCUT2D eigenvalue weighted by Gasteiger charge is 2.42. The van der Waals surface area contributed by atoms with E-state index in [1.807, 2.05) is 6.07 Å². The summed E-state index contributed by atoms with van der Waals surface area (Å²) in [4.78, 5) is 17.9. The molecule has 1 N–H and O–H groups in total. The van der Waals surface area contributed by atoms with E-state index in [1.165, 1.54) is 12.1 Å². The third kappa shape index (κ3) is 4.74. The second-order valence-electron chi connectivity index (χ2n) is 7.23. The molecule has 3 atom stereocenters. The fourth-order valence-corrected chi connectivity index (χ4v) is 4.51. The molecule has 1 amide bonds. The zero-order valence-electron chi connectivity index (χ0n) is 15.3. The van der Waals surface area contributed by atoms with E-state index >= 15 is 0 Å². The number of nitrogens with one attached hydrogen (secondary N) is 1. The number of carbonyl (C=O) groups is 1. The van der Waals surface area contributed by atoms with Crippen LogP contribution in [0.5, 0.6) is 0 Å². The third-order valence-corrected chi connectivity index (χ3v) is 5.72. The summed E-state index contributed by atoms with van der Waals surface area (Å²) in [5, 5.41) is 3.44. The van der Waals surface area contributed by atoms with Gasteiger partial charge in [-0.05, 0) is 43.5 Å². The predicted molar refractivity (Wildman–Crippen MR) is 107 cm³/mol. The van der Waals surface area contributed by atoms with Gasteiger partial charge in [0.1, 0.15) is 11.9 Å². The maximum atomic E-state index is 13.9. The van der Waals surface area contributed by atoms with Crippen molar-refractivity contribution < 1.29 is 13.9 Å². The van der Waals surface area contributed by atoms with Crippen molar-refractivity contribution in [1.82, 2.24) is 15.1 Å². The highest BCUT2D eigenvalue weighted by Crippen LogP contribution is 2.33. The molecule has 3 fully saturated rings. The Bertz CT molecular complexity index is 617. The number of hydrogen-bond donors (Lipinski definition) is 1. The Labute approximate surface area is 172 Å². The molecule has 5 nitrogen and oxygen atoms in total.